The summed E-state index contributed by atoms with van der Waals surface area (Å²) in [7, 11) is 1.62. The van der Waals surface area contributed by atoms with Crippen LogP contribution in [0.2, 0.25) is 0 Å². The van der Waals surface area contributed by atoms with E-state index in [1.807, 2.05) is 0 Å². The molecule has 3 N–H and O–H groups in total. The molecule has 1 saturated heterocycles. The molecule has 1 atom stereocenters. The van der Waals surface area contributed by atoms with E-state index in [2.05, 4.69) is 10.6 Å². The fraction of sp³-hybridized carbons (Fsp3) is 0.769. The average molecular weight is 285 g/mol. The second-order valence-corrected chi connectivity index (χ2v) is 5.26. The van der Waals surface area contributed by atoms with E-state index in [0.717, 1.165) is 0 Å². The molecule has 1 unspecified atom stereocenters. The number of carbonyl (C=O) groups is 3. The van der Waals surface area contributed by atoms with Crippen LogP contribution in [0.5, 0.6) is 0 Å². The zero-order valence-electron chi connectivity index (χ0n) is 12.0. The number of nitrogens with one attached hydrogen (secondary N) is 2. The van der Waals surface area contributed by atoms with Crippen molar-refractivity contribution in [1.82, 2.24) is 15.5 Å². The number of carbonyl (C=O) groups excluding carboxylic acids is 2. The molecule has 0 radical (unpaired) electrons. The first kappa shape index (κ1) is 16.3. The maximum Gasteiger partial charge on any atom is 0.317 e. The average Bonchev–Trinajstić information content (AvgIpc) is 2.43. The normalized spacial score (nSPS) is 17.4. The molecule has 0 aromatic rings. The van der Waals surface area contributed by atoms with Gasteiger partial charge in [0.2, 0.25) is 5.91 Å². The minimum Gasteiger partial charge on any atom is -0.481 e. The number of carboxylic acids is 1. The van der Waals surface area contributed by atoms with Gasteiger partial charge in [0, 0.05) is 39.0 Å². The fourth-order valence-electron chi connectivity index (χ4n) is 2.29. The lowest BCUT2D eigenvalue weighted by molar-refractivity contribution is -0.137. The number of hydrogen-bond acceptors (Lipinski definition) is 3. The molecule has 3 amide bonds. The highest BCUT2D eigenvalue weighted by Gasteiger charge is 2.26. The summed E-state index contributed by atoms with van der Waals surface area (Å²) in [5.41, 5.74) is 0. The third-order valence-corrected chi connectivity index (χ3v) is 3.52. The molecule has 0 saturated carbocycles. The lowest BCUT2D eigenvalue weighted by Gasteiger charge is -2.31. The molecule has 1 aliphatic heterocycles. The van der Waals surface area contributed by atoms with E-state index >= 15 is 0 Å². The van der Waals surface area contributed by atoms with Crippen LogP contribution in [-0.2, 0) is 9.59 Å². The smallest absolute Gasteiger partial charge is 0.317 e. The van der Waals surface area contributed by atoms with Crippen molar-refractivity contribution in [3.63, 3.8) is 0 Å². The second-order valence-electron chi connectivity index (χ2n) is 5.26. The predicted molar refractivity (Wildman–Crippen MR) is 73.2 cm³/mol. The van der Waals surface area contributed by atoms with E-state index in [-0.39, 0.29) is 30.2 Å². The third kappa shape index (κ3) is 5.07. The van der Waals surface area contributed by atoms with Crippen LogP contribution in [-0.4, -0.2) is 54.6 Å². The Balaban J connectivity index is 2.29. The van der Waals surface area contributed by atoms with Gasteiger partial charge in [0.05, 0.1) is 0 Å². The molecule has 1 aliphatic rings. The summed E-state index contributed by atoms with van der Waals surface area (Å²) in [6.45, 7) is 3.24. The topological polar surface area (TPSA) is 98.7 Å². The first-order valence-electron chi connectivity index (χ1n) is 6.90. The van der Waals surface area contributed by atoms with Crippen molar-refractivity contribution >= 4 is 17.9 Å². The van der Waals surface area contributed by atoms with Crippen LogP contribution in [0.3, 0.4) is 0 Å². The number of urea groups is 1. The molecule has 1 heterocycles. The Kier molecular flexibility index (Phi) is 6.27. The van der Waals surface area contributed by atoms with Crippen LogP contribution in [0.25, 0.3) is 0 Å². The number of likely N-dealkylation sites (tertiary alicyclic amines) is 1. The lowest BCUT2D eigenvalue weighted by atomic mass is 9.96. The van der Waals surface area contributed by atoms with E-state index < -0.39 is 5.97 Å². The van der Waals surface area contributed by atoms with E-state index in [1.165, 1.54) is 0 Å². The summed E-state index contributed by atoms with van der Waals surface area (Å²) in [6, 6.07) is -0.183. The zero-order chi connectivity index (χ0) is 15.1. The van der Waals surface area contributed by atoms with E-state index in [1.54, 1.807) is 18.9 Å². The Hall–Kier alpha value is -1.79. The molecule has 1 fully saturated rings. The quantitative estimate of drug-likeness (QED) is 0.675. The molecule has 114 valence electrons. The number of hydrogen-bond donors (Lipinski definition) is 3. The largest absolute Gasteiger partial charge is 0.481 e. The predicted octanol–water partition coefficient (Wildman–Crippen LogP) is 0.265. The third-order valence-electron chi connectivity index (χ3n) is 3.52. The van der Waals surface area contributed by atoms with Gasteiger partial charge < -0.3 is 20.6 Å². The highest BCUT2D eigenvalue weighted by molar-refractivity contribution is 5.79. The number of rotatable bonds is 5. The number of carboxylic acid groups (broad SMARTS) is 1. The van der Waals surface area contributed by atoms with Crippen LogP contribution in [0, 0.1) is 11.8 Å². The van der Waals surface area contributed by atoms with Crippen LogP contribution in [0.15, 0.2) is 0 Å². The first-order chi connectivity index (χ1) is 9.43. The van der Waals surface area contributed by atoms with Crippen LogP contribution in [0.1, 0.15) is 26.2 Å². The molecule has 7 heteroatoms. The van der Waals surface area contributed by atoms with E-state index in [0.29, 0.717) is 32.5 Å². The summed E-state index contributed by atoms with van der Waals surface area (Å²) in [5, 5.41) is 14.0. The number of amides is 3. The van der Waals surface area contributed by atoms with Crippen molar-refractivity contribution in [2.45, 2.75) is 26.2 Å². The molecular formula is C13H23N3O4. The van der Waals surface area contributed by atoms with Gasteiger partial charge >= 0.3 is 12.0 Å². The van der Waals surface area contributed by atoms with Gasteiger partial charge in [0.15, 0.2) is 0 Å². The van der Waals surface area contributed by atoms with Crippen LogP contribution in [0.4, 0.5) is 4.79 Å². The summed E-state index contributed by atoms with van der Waals surface area (Å²) in [6.07, 6.45) is 1.37. The van der Waals surface area contributed by atoms with E-state index in [9.17, 15) is 14.4 Å². The molecular weight excluding hydrogens is 262 g/mol. The van der Waals surface area contributed by atoms with Gasteiger partial charge in [-0.15, -0.1) is 0 Å². The van der Waals surface area contributed by atoms with Crippen molar-refractivity contribution in [2.75, 3.05) is 26.7 Å². The summed E-state index contributed by atoms with van der Waals surface area (Å²) in [5.74, 6) is -0.951. The van der Waals surface area contributed by atoms with Gasteiger partial charge in [-0.3, -0.25) is 9.59 Å². The van der Waals surface area contributed by atoms with Gasteiger partial charge in [-0.1, -0.05) is 6.92 Å². The number of aliphatic carboxylic acids is 1. The van der Waals surface area contributed by atoms with Crippen molar-refractivity contribution in [3.8, 4) is 0 Å². The van der Waals surface area contributed by atoms with Gasteiger partial charge in [0.25, 0.3) is 0 Å². The van der Waals surface area contributed by atoms with Gasteiger partial charge in [-0.2, -0.15) is 0 Å². The number of piperidine rings is 1. The summed E-state index contributed by atoms with van der Waals surface area (Å²) < 4.78 is 0. The Morgan fingerprint density at radius 2 is 1.90 bits per heavy atom. The molecule has 1 rings (SSSR count). The van der Waals surface area contributed by atoms with E-state index in [4.69, 9.17) is 5.11 Å². The zero-order valence-corrected chi connectivity index (χ0v) is 12.0. The monoisotopic (exact) mass is 285 g/mol. The first-order valence-corrected chi connectivity index (χ1v) is 6.90. The summed E-state index contributed by atoms with van der Waals surface area (Å²) in [4.78, 5) is 35.6. The summed E-state index contributed by atoms with van der Waals surface area (Å²) >= 11 is 0. The van der Waals surface area contributed by atoms with Gasteiger partial charge in [-0.25, -0.2) is 4.79 Å². The van der Waals surface area contributed by atoms with Gasteiger partial charge in [0.1, 0.15) is 0 Å². The Morgan fingerprint density at radius 1 is 1.30 bits per heavy atom. The SMILES string of the molecule is CNC(=O)C1CCN(C(=O)NCC(C)CC(=O)O)CC1. The molecule has 0 spiro atoms. The Morgan fingerprint density at radius 3 is 2.40 bits per heavy atom. The molecule has 7 nitrogen and oxygen atoms in total. The highest BCUT2D eigenvalue weighted by atomic mass is 16.4. The van der Waals surface area contributed by atoms with Crippen molar-refractivity contribution < 1.29 is 19.5 Å². The maximum absolute atomic E-state index is 11.9. The fourth-order valence-corrected chi connectivity index (χ4v) is 2.29. The molecule has 0 aromatic heterocycles. The lowest BCUT2D eigenvalue weighted by Crippen LogP contribution is -2.47. The van der Waals surface area contributed by atoms with Crippen molar-refractivity contribution in [2.24, 2.45) is 11.8 Å². The minimum absolute atomic E-state index is 0.0185. The highest BCUT2D eigenvalue weighted by Crippen LogP contribution is 2.17. The second kappa shape index (κ2) is 7.72. The maximum atomic E-state index is 11.9. The standard InChI is InChI=1S/C13H23N3O4/c1-9(7-11(17)18)8-15-13(20)16-5-3-10(4-6-16)12(19)14-2/h9-10H,3-8H2,1-2H3,(H,14,19)(H,15,20)(H,17,18). The van der Waals surface area contributed by atoms with Crippen molar-refractivity contribution in [1.29, 1.82) is 0 Å². The molecule has 0 aromatic carbocycles. The Bertz CT molecular complexity index is 365. The molecule has 20 heavy (non-hydrogen) atoms. The van der Waals surface area contributed by atoms with Crippen molar-refractivity contribution in [3.05, 3.63) is 0 Å². The van der Waals surface area contributed by atoms with Crippen LogP contribution < -0.4 is 10.6 Å². The number of nitrogens with zero attached hydrogens (tertiary/aromatic N) is 1. The van der Waals surface area contributed by atoms with Gasteiger partial charge in [-0.05, 0) is 18.8 Å². The molecule has 0 aliphatic carbocycles. The van der Waals surface area contributed by atoms with Crippen LogP contribution >= 0.6 is 0 Å². The minimum atomic E-state index is -0.863. The molecule has 0 bridgehead atoms. The Labute approximate surface area is 118 Å².